The van der Waals surface area contributed by atoms with E-state index in [0.717, 1.165) is 17.2 Å². The third kappa shape index (κ3) is 2.23. The van der Waals surface area contributed by atoms with Crippen LogP contribution in [-0.4, -0.2) is 21.5 Å². The number of pyridine rings is 1. The number of hydrogen-bond donors (Lipinski definition) is 1. The highest BCUT2D eigenvalue weighted by Gasteiger charge is 2.08. The van der Waals surface area contributed by atoms with Crippen LogP contribution in [0.25, 0.3) is 11.4 Å². The molecule has 0 radical (unpaired) electrons. The van der Waals surface area contributed by atoms with E-state index in [1.807, 2.05) is 31.2 Å². The highest BCUT2D eigenvalue weighted by molar-refractivity contribution is 5.52. The molecular weight excluding hydrogens is 200 g/mol. The van der Waals surface area contributed by atoms with Crippen LogP contribution in [0, 0.1) is 0 Å². The summed E-state index contributed by atoms with van der Waals surface area (Å²) in [7, 11) is 0. The first kappa shape index (κ1) is 10.7. The molecule has 1 unspecified atom stereocenters. The Bertz CT molecular complexity index is 456. The summed E-state index contributed by atoms with van der Waals surface area (Å²) in [5.74, 6) is 0.939. The minimum atomic E-state index is 0.170. The van der Waals surface area contributed by atoms with Crippen molar-refractivity contribution >= 4 is 0 Å². The Morgan fingerprint density at radius 2 is 2.00 bits per heavy atom. The first-order chi connectivity index (χ1) is 7.81. The molecule has 16 heavy (non-hydrogen) atoms. The number of aromatic nitrogens is 3. The summed E-state index contributed by atoms with van der Waals surface area (Å²) in [5, 5.41) is 0. The van der Waals surface area contributed by atoms with Gasteiger partial charge in [0.05, 0.1) is 11.4 Å². The molecule has 0 aromatic carbocycles. The van der Waals surface area contributed by atoms with Crippen LogP contribution in [0.4, 0.5) is 0 Å². The van der Waals surface area contributed by atoms with Gasteiger partial charge in [-0.3, -0.25) is 4.98 Å². The summed E-state index contributed by atoms with van der Waals surface area (Å²) < 4.78 is 0. The molecule has 4 heteroatoms. The Kier molecular flexibility index (Phi) is 3.22. The van der Waals surface area contributed by atoms with Gasteiger partial charge < -0.3 is 5.73 Å². The smallest absolute Gasteiger partial charge is 0.133 e. The van der Waals surface area contributed by atoms with E-state index in [0.29, 0.717) is 6.54 Å². The van der Waals surface area contributed by atoms with Gasteiger partial charge in [-0.25, -0.2) is 9.97 Å². The van der Waals surface area contributed by atoms with Gasteiger partial charge in [0.25, 0.3) is 0 Å². The van der Waals surface area contributed by atoms with Crippen molar-refractivity contribution in [3.8, 4) is 11.4 Å². The molecule has 82 valence electrons. The summed E-state index contributed by atoms with van der Waals surface area (Å²) in [5.41, 5.74) is 7.29. The second-order valence-corrected chi connectivity index (χ2v) is 3.65. The van der Waals surface area contributed by atoms with Gasteiger partial charge in [-0.05, 0) is 18.2 Å². The predicted molar refractivity (Wildman–Crippen MR) is 62.7 cm³/mol. The Hall–Kier alpha value is -1.81. The molecule has 0 saturated heterocycles. The van der Waals surface area contributed by atoms with Crippen LogP contribution < -0.4 is 5.73 Å². The van der Waals surface area contributed by atoms with Gasteiger partial charge in [0, 0.05) is 24.9 Å². The molecule has 0 saturated carbocycles. The van der Waals surface area contributed by atoms with E-state index >= 15 is 0 Å². The normalized spacial score (nSPS) is 12.4. The van der Waals surface area contributed by atoms with E-state index in [4.69, 9.17) is 5.73 Å². The molecule has 2 N–H and O–H groups in total. The van der Waals surface area contributed by atoms with Crippen molar-refractivity contribution in [2.24, 2.45) is 5.73 Å². The maximum Gasteiger partial charge on any atom is 0.133 e. The van der Waals surface area contributed by atoms with Crippen LogP contribution in [-0.2, 0) is 0 Å². The minimum absolute atomic E-state index is 0.170. The van der Waals surface area contributed by atoms with Gasteiger partial charge >= 0.3 is 0 Å². The van der Waals surface area contributed by atoms with Gasteiger partial charge in [-0.15, -0.1) is 0 Å². The summed E-state index contributed by atoms with van der Waals surface area (Å²) in [6.07, 6.45) is 3.50. The second kappa shape index (κ2) is 4.81. The van der Waals surface area contributed by atoms with Gasteiger partial charge in [0.2, 0.25) is 0 Å². The number of hydrogen-bond acceptors (Lipinski definition) is 4. The molecule has 1 atom stereocenters. The molecule has 0 bridgehead atoms. The van der Waals surface area contributed by atoms with E-state index in [2.05, 4.69) is 15.0 Å². The Balaban J connectivity index is 2.36. The Labute approximate surface area is 94.6 Å². The molecule has 2 rings (SSSR count). The Morgan fingerprint density at radius 3 is 2.69 bits per heavy atom. The van der Waals surface area contributed by atoms with Gasteiger partial charge in [-0.1, -0.05) is 13.0 Å². The van der Waals surface area contributed by atoms with E-state index in [1.54, 1.807) is 12.4 Å². The fraction of sp³-hybridized carbons (Fsp3) is 0.250. The van der Waals surface area contributed by atoms with Gasteiger partial charge in [0.1, 0.15) is 5.82 Å². The molecule has 0 fully saturated rings. The van der Waals surface area contributed by atoms with Crippen molar-refractivity contribution in [3.63, 3.8) is 0 Å². The number of nitrogens with two attached hydrogens (primary N) is 1. The fourth-order valence-corrected chi connectivity index (χ4v) is 1.37. The molecule has 0 spiro atoms. The lowest BCUT2D eigenvalue weighted by atomic mass is 10.1. The quantitative estimate of drug-likeness (QED) is 0.842. The van der Waals surface area contributed by atoms with E-state index < -0.39 is 0 Å². The highest BCUT2D eigenvalue weighted by Crippen LogP contribution is 2.15. The van der Waals surface area contributed by atoms with Crippen molar-refractivity contribution < 1.29 is 0 Å². The van der Waals surface area contributed by atoms with E-state index in [-0.39, 0.29) is 5.92 Å². The SMILES string of the molecule is CC(CN)c1nccc(-c2ccccn2)n1. The van der Waals surface area contributed by atoms with E-state index in [9.17, 15) is 0 Å². The maximum atomic E-state index is 5.60. The zero-order valence-electron chi connectivity index (χ0n) is 9.17. The molecule has 0 aliphatic rings. The summed E-state index contributed by atoms with van der Waals surface area (Å²) in [6, 6.07) is 7.61. The zero-order valence-corrected chi connectivity index (χ0v) is 9.17. The summed E-state index contributed by atoms with van der Waals surface area (Å²) in [4.78, 5) is 12.9. The van der Waals surface area contributed by atoms with Crippen LogP contribution in [0.3, 0.4) is 0 Å². The average Bonchev–Trinajstić information content (AvgIpc) is 2.39. The molecule has 2 aromatic heterocycles. The van der Waals surface area contributed by atoms with Crippen LogP contribution in [0.5, 0.6) is 0 Å². The molecule has 2 heterocycles. The van der Waals surface area contributed by atoms with Gasteiger partial charge in [-0.2, -0.15) is 0 Å². The maximum absolute atomic E-state index is 5.60. The highest BCUT2D eigenvalue weighted by atomic mass is 14.9. The molecule has 0 amide bonds. The third-order valence-corrected chi connectivity index (χ3v) is 2.40. The zero-order chi connectivity index (χ0) is 11.4. The van der Waals surface area contributed by atoms with Crippen molar-refractivity contribution in [1.82, 2.24) is 15.0 Å². The van der Waals surface area contributed by atoms with Crippen LogP contribution >= 0.6 is 0 Å². The molecule has 0 aliphatic carbocycles. The molecule has 0 aliphatic heterocycles. The Morgan fingerprint density at radius 1 is 1.12 bits per heavy atom. The van der Waals surface area contributed by atoms with Crippen LogP contribution in [0.1, 0.15) is 18.7 Å². The summed E-state index contributed by atoms with van der Waals surface area (Å²) >= 11 is 0. The number of nitrogens with zero attached hydrogens (tertiary/aromatic N) is 3. The molecule has 2 aromatic rings. The number of rotatable bonds is 3. The third-order valence-electron chi connectivity index (χ3n) is 2.40. The standard InChI is InChI=1S/C12H14N4/c1-9(8-13)12-15-7-5-11(16-12)10-4-2-3-6-14-10/h2-7,9H,8,13H2,1H3. The van der Waals surface area contributed by atoms with Gasteiger partial charge in [0.15, 0.2) is 0 Å². The lowest BCUT2D eigenvalue weighted by Gasteiger charge is -2.07. The summed E-state index contributed by atoms with van der Waals surface area (Å²) in [6.45, 7) is 2.56. The van der Waals surface area contributed by atoms with Crippen LogP contribution in [0.15, 0.2) is 36.7 Å². The molecule has 4 nitrogen and oxygen atoms in total. The first-order valence-corrected chi connectivity index (χ1v) is 5.25. The van der Waals surface area contributed by atoms with Crippen molar-refractivity contribution in [2.75, 3.05) is 6.54 Å². The topological polar surface area (TPSA) is 64.7 Å². The second-order valence-electron chi connectivity index (χ2n) is 3.65. The lowest BCUT2D eigenvalue weighted by Crippen LogP contribution is -2.12. The largest absolute Gasteiger partial charge is 0.330 e. The molecular formula is C12H14N4. The van der Waals surface area contributed by atoms with Crippen molar-refractivity contribution in [1.29, 1.82) is 0 Å². The minimum Gasteiger partial charge on any atom is -0.330 e. The fourth-order valence-electron chi connectivity index (χ4n) is 1.37. The monoisotopic (exact) mass is 214 g/mol. The predicted octanol–water partition coefficient (Wildman–Crippen LogP) is 1.60. The average molecular weight is 214 g/mol. The van der Waals surface area contributed by atoms with Crippen molar-refractivity contribution in [3.05, 3.63) is 42.5 Å². The van der Waals surface area contributed by atoms with Crippen LogP contribution in [0.2, 0.25) is 0 Å². The first-order valence-electron chi connectivity index (χ1n) is 5.25. The lowest BCUT2D eigenvalue weighted by molar-refractivity contribution is 0.712. The van der Waals surface area contributed by atoms with Crippen molar-refractivity contribution in [2.45, 2.75) is 12.8 Å². The van der Waals surface area contributed by atoms with E-state index in [1.165, 1.54) is 0 Å².